The van der Waals surface area contributed by atoms with E-state index in [2.05, 4.69) is 64.1 Å². The molecule has 2 rings (SSSR count). The van der Waals surface area contributed by atoms with Crippen LogP contribution in [0.15, 0.2) is 35.7 Å². The largest absolute Gasteiger partial charge is 0.397 e. The molecule has 0 fully saturated rings. The van der Waals surface area contributed by atoms with Crippen molar-refractivity contribution in [2.75, 3.05) is 17.2 Å². The quantitative estimate of drug-likeness (QED) is 0.662. The van der Waals surface area contributed by atoms with Gasteiger partial charge in [0, 0.05) is 15.0 Å². The predicted octanol–water partition coefficient (Wildman–Crippen LogP) is 3.96. The number of anilines is 2. The standard InChI is InChI=1S/C13H15IN2S/c1-2-16(9-11-4-3-7-17-11)13-6-5-10(14)8-12(13)15/h3-8H,2,9,15H2,1H3. The van der Waals surface area contributed by atoms with Crippen molar-refractivity contribution in [1.29, 1.82) is 0 Å². The molecule has 2 nitrogen and oxygen atoms in total. The number of thiophene rings is 1. The Labute approximate surface area is 120 Å². The lowest BCUT2D eigenvalue weighted by molar-refractivity contribution is 0.844. The lowest BCUT2D eigenvalue weighted by Gasteiger charge is -2.24. The number of benzene rings is 1. The lowest BCUT2D eigenvalue weighted by atomic mass is 10.2. The van der Waals surface area contributed by atoms with E-state index >= 15 is 0 Å². The molecule has 0 saturated carbocycles. The third-order valence-electron chi connectivity index (χ3n) is 2.64. The Morgan fingerprint density at radius 3 is 2.76 bits per heavy atom. The molecule has 0 unspecified atom stereocenters. The van der Waals surface area contributed by atoms with E-state index in [1.54, 1.807) is 11.3 Å². The zero-order valence-electron chi connectivity index (χ0n) is 9.69. The molecule has 0 atom stereocenters. The number of nitrogen functional groups attached to an aromatic ring is 1. The van der Waals surface area contributed by atoms with E-state index in [1.807, 2.05) is 6.07 Å². The average molecular weight is 358 g/mol. The molecule has 1 heterocycles. The second kappa shape index (κ2) is 5.73. The van der Waals surface area contributed by atoms with Crippen LogP contribution in [-0.2, 0) is 6.54 Å². The minimum atomic E-state index is 0.857. The molecular weight excluding hydrogens is 343 g/mol. The summed E-state index contributed by atoms with van der Waals surface area (Å²) < 4.78 is 1.18. The van der Waals surface area contributed by atoms with Gasteiger partial charge in [-0.2, -0.15) is 0 Å². The van der Waals surface area contributed by atoms with Crippen LogP contribution in [0.3, 0.4) is 0 Å². The van der Waals surface area contributed by atoms with Gasteiger partial charge in [0.2, 0.25) is 0 Å². The van der Waals surface area contributed by atoms with E-state index in [1.165, 1.54) is 8.45 Å². The molecule has 0 aliphatic heterocycles. The first-order chi connectivity index (χ1) is 8.20. The molecule has 0 amide bonds. The van der Waals surface area contributed by atoms with Crippen LogP contribution in [0.4, 0.5) is 11.4 Å². The maximum atomic E-state index is 6.08. The normalized spacial score (nSPS) is 10.5. The molecule has 1 aromatic carbocycles. The highest BCUT2D eigenvalue weighted by Gasteiger charge is 2.09. The van der Waals surface area contributed by atoms with Crippen LogP contribution >= 0.6 is 33.9 Å². The molecule has 0 bridgehead atoms. The molecule has 17 heavy (non-hydrogen) atoms. The van der Waals surface area contributed by atoms with Crippen LogP contribution in [0, 0.1) is 3.57 Å². The summed E-state index contributed by atoms with van der Waals surface area (Å²) in [6, 6.07) is 10.5. The van der Waals surface area contributed by atoms with Gasteiger partial charge in [0.15, 0.2) is 0 Å². The van der Waals surface area contributed by atoms with E-state index in [4.69, 9.17) is 5.73 Å². The van der Waals surface area contributed by atoms with Gasteiger partial charge in [-0.25, -0.2) is 0 Å². The molecule has 1 aromatic heterocycles. The van der Waals surface area contributed by atoms with Crippen LogP contribution in [0.1, 0.15) is 11.8 Å². The van der Waals surface area contributed by atoms with Crippen molar-refractivity contribution >= 4 is 45.3 Å². The van der Waals surface area contributed by atoms with Crippen molar-refractivity contribution in [3.8, 4) is 0 Å². The van der Waals surface area contributed by atoms with Crippen LogP contribution < -0.4 is 10.6 Å². The van der Waals surface area contributed by atoms with E-state index < -0.39 is 0 Å². The molecule has 2 N–H and O–H groups in total. The van der Waals surface area contributed by atoms with Gasteiger partial charge in [-0.1, -0.05) is 6.07 Å². The van der Waals surface area contributed by atoms with Crippen LogP contribution in [0.25, 0.3) is 0 Å². The van der Waals surface area contributed by atoms with Gasteiger partial charge in [0.1, 0.15) is 0 Å². The Kier molecular flexibility index (Phi) is 4.28. The Bertz CT molecular complexity index is 482. The first-order valence-corrected chi connectivity index (χ1v) is 7.49. The summed E-state index contributed by atoms with van der Waals surface area (Å²) >= 11 is 4.07. The molecule has 2 aromatic rings. The summed E-state index contributed by atoms with van der Waals surface area (Å²) in [6.45, 7) is 4.05. The van der Waals surface area contributed by atoms with E-state index in [0.29, 0.717) is 0 Å². The van der Waals surface area contributed by atoms with Gasteiger partial charge in [-0.3, -0.25) is 0 Å². The molecule has 0 spiro atoms. The Balaban J connectivity index is 2.23. The second-order valence-electron chi connectivity index (χ2n) is 3.80. The SMILES string of the molecule is CCN(Cc1cccs1)c1ccc(I)cc1N. The number of halogens is 1. The molecule has 0 saturated heterocycles. The summed E-state index contributed by atoms with van der Waals surface area (Å²) in [5, 5.41) is 2.11. The molecule has 0 aliphatic carbocycles. The van der Waals surface area contributed by atoms with Crippen LogP contribution in [0.2, 0.25) is 0 Å². The van der Waals surface area contributed by atoms with Gasteiger partial charge in [0.25, 0.3) is 0 Å². The van der Waals surface area contributed by atoms with E-state index in [-0.39, 0.29) is 0 Å². The third-order valence-corrected chi connectivity index (χ3v) is 4.17. The first-order valence-electron chi connectivity index (χ1n) is 5.53. The zero-order valence-corrected chi connectivity index (χ0v) is 12.7. The van der Waals surface area contributed by atoms with Gasteiger partial charge in [-0.15, -0.1) is 11.3 Å². The Morgan fingerprint density at radius 1 is 1.35 bits per heavy atom. The van der Waals surface area contributed by atoms with Gasteiger partial charge in [-0.05, 0) is 59.2 Å². The molecule has 0 radical (unpaired) electrons. The maximum Gasteiger partial charge on any atom is 0.0603 e. The maximum absolute atomic E-state index is 6.08. The van der Waals surface area contributed by atoms with Crippen molar-refractivity contribution in [2.24, 2.45) is 0 Å². The third kappa shape index (κ3) is 3.13. The van der Waals surface area contributed by atoms with Crippen molar-refractivity contribution in [1.82, 2.24) is 0 Å². The van der Waals surface area contributed by atoms with Crippen molar-refractivity contribution in [3.05, 3.63) is 44.2 Å². The van der Waals surface area contributed by atoms with E-state index in [9.17, 15) is 0 Å². The Morgan fingerprint density at radius 2 is 2.18 bits per heavy atom. The highest BCUT2D eigenvalue weighted by molar-refractivity contribution is 14.1. The first kappa shape index (κ1) is 12.7. The summed E-state index contributed by atoms with van der Waals surface area (Å²) in [5.41, 5.74) is 8.07. The fourth-order valence-corrected chi connectivity index (χ4v) is 3.01. The van der Waals surface area contributed by atoms with Crippen molar-refractivity contribution < 1.29 is 0 Å². The minimum absolute atomic E-state index is 0.857. The number of nitrogens with two attached hydrogens (primary N) is 1. The fourth-order valence-electron chi connectivity index (χ4n) is 1.77. The molecule has 0 aliphatic rings. The number of nitrogens with zero attached hydrogens (tertiary/aromatic N) is 1. The number of hydrogen-bond acceptors (Lipinski definition) is 3. The smallest absolute Gasteiger partial charge is 0.0603 e. The fraction of sp³-hybridized carbons (Fsp3) is 0.231. The van der Waals surface area contributed by atoms with Crippen LogP contribution in [-0.4, -0.2) is 6.54 Å². The highest BCUT2D eigenvalue weighted by atomic mass is 127. The average Bonchev–Trinajstić information content (AvgIpc) is 2.79. The van der Waals surface area contributed by atoms with Gasteiger partial charge in [0.05, 0.1) is 17.9 Å². The predicted molar refractivity (Wildman–Crippen MR) is 84.6 cm³/mol. The molecule has 4 heteroatoms. The van der Waals surface area contributed by atoms with Gasteiger partial charge >= 0.3 is 0 Å². The second-order valence-corrected chi connectivity index (χ2v) is 6.07. The van der Waals surface area contributed by atoms with Crippen molar-refractivity contribution in [2.45, 2.75) is 13.5 Å². The monoisotopic (exact) mass is 358 g/mol. The lowest BCUT2D eigenvalue weighted by Crippen LogP contribution is -2.22. The number of rotatable bonds is 4. The summed E-state index contributed by atoms with van der Waals surface area (Å²) in [5.74, 6) is 0. The minimum Gasteiger partial charge on any atom is -0.397 e. The zero-order chi connectivity index (χ0) is 12.3. The topological polar surface area (TPSA) is 29.3 Å². The Hall–Kier alpha value is -0.750. The number of hydrogen-bond donors (Lipinski definition) is 1. The summed E-state index contributed by atoms with van der Waals surface area (Å²) in [4.78, 5) is 3.67. The molecular formula is C13H15IN2S. The van der Waals surface area contributed by atoms with E-state index in [0.717, 1.165) is 24.5 Å². The summed E-state index contributed by atoms with van der Waals surface area (Å²) in [7, 11) is 0. The highest BCUT2D eigenvalue weighted by Crippen LogP contribution is 2.27. The summed E-state index contributed by atoms with van der Waals surface area (Å²) in [6.07, 6.45) is 0. The molecule has 90 valence electrons. The van der Waals surface area contributed by atoms with Crippen LogP contribution in [0.5, 0.6) is 0 Å². The van der Waals surface area contributed by atoms with Gasteiger partial charge < -0.3 is 10.6 Å². The van der Waals surface area contributed by atoms with Crippen molar-refractivity contribution in [3.63, 3.8) is 0 Å².